The number of fused-ring (bicyclic) bond motifs is 4. The van der Waals surface area contributed by atoms with E-state index in [0.29, 0.717) is 97.0 Å². The van der Waals surface area contributed by atoms with Crippen LogP contribution in [0.25, 0.3) is 21.7 Å². The molecule has 77 heavy (non-hydrogen) atoms. The quantitative estimate of drug-likeness (QED) is 0.0342. The van der Waals surface area contributed by atoms with Gasteiger partial charge in [0.05, 0.1) is 12.2 Å². The van der Waals surface area contributed by atoms with Crippen LogP contribution >= 0.6 is 15.9 Å². The molecule has 5 aromatic rings. The zero-order chi connectivity index (χ0) is 56.0. The number of hydrogen-bond donors (Lipinski definition) is 8. The third-order valence-corrected chi connectivity index (χ3v) is 12.7. The van der Waals surface area contributed by atoms with Gasteiger partial charge < -0.3 is 67.0 Å². The maximum absolute atomic E-state index is 14.2. The van der Waals surface area contributed by atoms with Crippen molar-refractivity contribution < 1.29 is 43.1 Å². The number of benzene rings is 4. The summed E-state index contributed by atoms with van der Waals surface area (Å²) in [4.78, 5) is 112. The summed E-state index contributed by atoms with van der Waals surface area (Å²) in [5.74, 6) is 0.307. The molecule has 414 valence electrons. The summed E-state index contributed by atoms with van der Waals surface area (Å²) in [6.07, 6.45) is 2.74. The van der Waals surface area contributed by atoms with Crippen molar-refractivity contribution in [3.05, 3.63) is 95.7 Å². The van der Waals surface area contributed by atoms with Gasteiger partial charge in [-0.3, -0.25) is 28.8 Å². The first-order valence-electron chi connectivity index (χ1n) is 25.8. The van der Waals surface area contributed by atoms with E-state index in [1.165, 1.54) is 18.2 Å². The molecule has 21 nitrogen and oxygen atoms in total. The Hall–Kier alpha value is -7.56. The number of carbonyl (C=O) groups excluding carboxylic acids is 8. The molecule has 1 saturated heterocycles. The Morgan fingerprint density at radius 3 is 2.17 bits per heavy atom. The molecule has 0 radical (unpaired) electrons. The molecule has 2 aliphatic heterocycles. The fraction of sp³-hybridized carbons (Fsp3) is 0.418. The highest BCUT2D eigenvalue weighted by Crippen LogP contribution is 2.41. The number of nitrogens with two attached hydrogens (primary N) is 1. The molecule has 1 atom stereocenters. The van der Waals surface area contributed by atoms with E-state index in [9.17, 15) is 38.4 Å². The zero-order valence-electron chi connectivity index (χ0n) is 44.8. The van der Waals surface area contributed by atoms with Gasteiger partial charge in [0.2, 0.25) is 23.6 Å². The number of anilines is 3. The summed E-state index contributed by atoms with van der Waals surface area (Å²) in [7, 11) is 3.69. The predicted molar refractivity (Wildman–Crippen MR) is 304 cm³/mol. The molecule has 0 bridgehead atoms. The molecule has 7 rings (SSSR count). The Labute approximate surface area is 457 Å². The number of H-pyrrole nitrogens is 1. The van der Waals surface area contributed by atoms with Crippen LogP contribution in [0.1, 0.15) is 79.3 Å². The molecule has 3 heterocycles. The Kier molecular flexibility index (Phi) is 23.7. The second-order valence-corrected chi connectivity index (χ2v) is 18.6. The van der Waals surface area contributed by atoms with Gasteiger partial charge in [-0.25, -0.2) is 9.59 Å². The fourth-order valence-electron chi connectivity index (χ4n) is 8.53. The maximum atomic E-state index is 14.2. The van der Waals surface area contributed by atoms with Crippen molar-refractivity contribution in [2.75, 3.05) is 101 Å². The number of halogens is 1. The van der Waals surface area contributed by atoms with E-state index in [-0.39, 0.29) is 50.2 Å². The van der Waals surface area contributed by atoms with Crippen LogP contribution in [0.3, 0.4) is 0 Å². The zero-order valence-corrected chi connectivity index (χ0v) is 46.4. The Bertz CT molecular complexity index is 2850. The molecule has 1 fully saturated rings. The number of piperazine rings is 1. The van der Waals surface area contributed by atoms with Crippen LogP contribution in [-0.2, 0) is 25.6 Å². The van der Waals surface area contributed by atoms with Crippen molar-refractivity contribution in [2.24, 2.45) is 5.73 Å². The highest BCUT2D eigenvalue weighted by atomic mass is 79.9. The molecular weight excluding hydrogens is 1050 g/mol. The second-order valence-electron chi connectivity index (χ2n) is 18.6. The number of amides is 9. The highest BCUT2D eigenvalue weighted by molar-refractivity contribution is 9.08. The van der Waals surface area contributed by atoms with Crippen LogP contribution in [0.5, 0.6) is 5.75 Å². The van der Waals surface area contributed by atoms with Gasteiger partial charge in [0.1, 0.15) is 17.5 Å². The Morgan fingerprint density at radius 1 is 0.792 bits per heavy atom. The third-order valence-electron chi connectivity index (χ3n) is 12.7. The minimum absolute atomic E-state index is 0.0757. The first kappa shape index (κ1) is 60.3. The Balaban J connectivity index is 0.00000211. The van der Waals surface area contributed by atoms with E-state index in [1.54, 1.807) is 71.4 Å². The van der Waals surface area contributed by atoms with Gasteiger partial charge in [-0.15, -0.1) is 0 Å². The van der Waals surface area contributed by atoms with Gasteiger partial charge in [-0.05, 0) is 98.0 Å². The number of nitrogens with one attached hydrogen (secondary N) is 7. The SMILES string of the molecule is CBr.CC(=O)N(C)CCCC(=O)NCCNCC(=O)N[C@@H](CCCNC(N)=O)C(=O)Nc1ccc(C(=O)Nc2ccc3[nH]c(C(=O)N4CCc5c4cc(OC(=O)N4CCN(C)CC4)c4ccccc54)cc3c2)cc1.CCC. The van der Waals surface area contributed by atoms with Gasteiger partial charge in [0.25, 0.3) is 11.8 Å². The normalized spacial score (nSPS) is 13.2. The van der Waals surface area contributed by atoms with Crippen molar-refractivity contribution in [3.63, 3.8) is 0 Å². The Morgan fingerprint density at radius 2 is 1.48 bits per heavy atom. The molecule has 0 saturated carbocycles. The molecule has 22 heteroatoms. The lowest BCUT2D eigenvalue weighted by Gasteiger charge is -2.31. The van der Waals surface area contributed by atoms with E-state index in [2.05, 4.69) is 71.6 Å². The minimum atomic E-state index is -0.980. The molecule has 1 aromatic heterocycles. The fourth-order valence-corrected chi connectivity index (χ4v) is 8.53. The molecule has 0 spiro atoms. The average molecular weight is 1130 g/mol. The lowest BCUT2D eigenvalue weighted by Crippen LogP contribution is -2.48. The number of hydrogen-bond acceptors (Lipinski definition) is 11. The number of nitrogens with zero attached hydrogens (tertiary/aromatic N) is 4. The van der Waals surface area contributed by atoms with E-state index in [4.69, 9.17) is 10.5 Å². The number of carbonyl (C=O) groups is 8. The van der Waals surface area contributed by atoms with Gasteiger partial charge in [0.15, 0.2) is 0 Å². The summed E-state index contributed by atoms with van der Waals surface area (Å²) in [5.41, 5.74) is 9.07. The third kappa shape index (κ3) is 17.8. The number of aromatic nitrogens is 1. The van der Waals surface area contributed by atoms with Gasteiger partial charge in [0, 0.05) is 119 Å². The van der Waals surface area contributed by atoms with Crippen molar-refractivity contribution >= 4 is 102 Å². The second kappa shape index (κ2) is 30.3. The summed E-state index contributed by atoms with van der Waals surface area (Å²) < 4.78 is 6.01. The summed E-state index contributed by atoms with van der Waals surface area (Å²) >= 11 is 2.94. The lowest BCUT2D eigenvalue weighted by molar-refractivity contribution is -0.128. The van der Waals surface area contributed by atoms with E-state index in [1.807, 2.05) is 37.1 Å². The van der Waals surface area contributed by atoms with E-state index >= 15 is 0 Å². The number of ether oxygens (including phenoxy) is 1. The van der Waals surface area contributed by atoms with Crippen molar-refractivity contribution in [3.8, 4) is 5.75 Å². The highest BCUT2D eigenvalue weighted by Gasteiger charge is 2.31. The topological polar surface area (TPSA) is 273 Å². The number of aromatic amines is 1. The first-order chi connectivity index (χ1) is 37.0. The van der Waals surface area contributed by atoms with Crippen molar-refractivity contribution in [2.45, 2.75) is 65.3 Å². The van der Waals surface area contributed by atoms with Crippen LogP contribution in [-0.4, -0.2) is 159 Å². The molecule has 0 unspecified atom stereocenters. The standard InChI is InChI=1S/C51H62N12O9.C3H8.CH3Br/c1-32(64)61(3)22-7-11-45(65)54-21-20-53-31-46(66)59-41(10-6-19-55-50(52)70)48(68)56-35-14-12-33(13-15-35)47(67)57-36-16-17-40-34(28-36)29-42(58-40)49(69)63-23-18-38-37-8-4-5-9-39(37)44(30-43(38)63)72-51(71)62-26-24-60(2)25-27-62;1-3-2;1-2/h4-5,8-9,12-17,28-30,41,53,58H,6-7,10-11,18-27,31H2,1-3H3,(H,54,65)(H,56,68)(H,57,67)(H,59,66)(H3,52,55,70);3H2,1-2H3;1H3/t41-;;/m0../s1. The smallest absolute Gasteiger partial charge is 0.409 e. The molecule has 2 aliphatic rings. The largest absolute Gasteiger partial charge is 0.415 e. The van der Waals surface area contributed by atoms with Crippen molar-refractivity contribution in [1.82, 2.24) is 41.0 Å². The number of primary amides is 1. The van der Waals surface area contributed by atoms with E-state index < -0.39 is 35.9 Å². The summed E-state index contributed by atoms with van der Waals surface area (Å²) in [5, 5.41) is 19.0. The van der Waals surface area contributed by atoms with Crippen LogP contribution in [0.4, 0.5) is 26.7 Å². The van der Waals surface area contributed by atoms with Gasteiger partial charge in [-0.1, -0.05) is 60.5 Å². The number of likely N-dealkylation sites (N-methyl/N-ethyl adjacent to an activating group) is 1. The molecule has 9 amide bonds. The summed E-state index contributed by atoms with van der Waals surface area (Å²) in [6.45, 7) is 9.88. The van der Waals surface area contributed by atoms with Crippen LogP contribution < -0.4 is 47.3 Å². The van der Waals surface area contributed by atoms with Gasteiger partial charge >= 0.3 is 12.1 Å². The first-order valence-corrected chi connectivity index (χ1v) is 27.4. The van der Waals surface area contributed by atoms with Crippen LogP contribution in [0.2, 0.25) is 0 Å². The maximum Gasteiger partial charge on any atom is 0.415 e. The van der Waals surface area contributed by atoms with Crippen LogP contribution in [0.15, 0.2) is 78.9 Å². The number of urea groups is 1. The molecule has 9 N–H and O–H groups in total. The number of rotatable bonds is 20. The molecular formula is C55H73BrN12O9. The lowest BCUT2D eigenvalue weighted by atomic mass is 10.0. The van der Waals surface area contributed by atoms with Crippen LogP contribution in [0, 0.1) is 0 Å². The number of alkyl halides is 1. The minimum Gasteiger partial charge on any atom is -0.409 e. The molecule has 0 aliphatic carbocycles. The van der Waals surface area contributed by atoms with Gasteiger partial charge in [-0.2, -0.15) is 0 Å². The van der Waals surface area contributed by atoms with E-state index in [0.717, 1.165) is 29.4 Å². The average Bonchev–Trinajstić information content (AvgIpc) is 4.06. The van der Waals surface area contributed by atoms with Crippen molar-refractivity contribution in [1.29, 1.82) is 0 Å². The molecule has 4 aromatic carbocycles. The summed E-state index contributed by atoms with van der Waals surface area (Å²) in [6, 6.07) is 21.0. The predicted octanol–water partition coefficient (Wildman–Crippen LogP) is 5.79. The monoisotopic (exact) mass is 1120 g/mol.